The minimum atomic E-state index is 0.612. The van der Waals surface area contributed by atoms with Gasteiger partial charge in [0, 0.05) is 32.4 Å². The van der Waals surface area contributed by atoms with Crippen LogP contribution in [0.3, 0.4) is 0 Å². The van der Waals surface area contributed by atoms with Gasteiger partial charge in [0.2, 0.25) is 0 Å². The summed E-state index contributed by atoms with van der Waals surface area (Å²) >= 11 is 0. The maximum atomic E-state index is 4.32. The van der Waals surface area contributed by atoms with Gasteiger partial charge in [-0.15, -0.1) is 0 Å². The number of hydrogen-bond acceptors (Lipinski definition) is 3. The molecule has 1 aromatic heterocycles. The van der Waals surface area contributed by atoms with E-state index < -0.39 is 0 Å². The minimum Gasteiger partial charge on any atom is -0.373 e. The number of rotatable bonds is 2. The Balaban J connectivity index is 2.22. The number of nitrogens with zero attached hydrogens (tertiary/aromatic N) is 2. The van der Waals surface area contributed by atoms with Crippen molar-refractivity contribution in [2.75, 3.05) is 12.4 Å². The van der Waals surface area contributed by atoms with Crippen LogP contribution < -0.4 is 5.32 Å². The monoisotopic (exact) mass is 191 g/mol. The lowest BCUT2D eigenvalue weighted by molar-refractivity contribution is 0.227. The molecule has 0 aromatic carbocycles. The number of anilines is 1. The molecule has 0 saturated heterocycles. The Labute approximate surface area is 85.1 Å². The molecule has 0 saturated carbocycles. The summed E-state index contributed by atoms with van der Waals surface area (Å²) in [5, 5.41) is 3.07. The molecule has 0 bridgehead atoms. The standard InChI is InChI=1S/C11H17N3/c1-8(2)14-6-9-4-11(12-3)13-5-10(9)7-14/h4-5,8H,6-7H2,1-3H3,(H,12,13). The third kappa shape index (κ3) is 1.60. The van der Waals surface area contributed by atoms with Crippen LogP contribution in [0.5, 0.6) is 0 Å². The second kappa shape index (κ2) is 3.58. The number of fused-ring (bicyclic) bond motifs is 1. The van der Waals surface area contributed by atoms with Crippen LogP contribution in [-0.2, 0) is 13.1 Å². The molecule has 0 aliphatic carbocycles. The highest BCUT2D eigenvalue weighted by molar-refractivity contribution is 5.42. The number of hydrogen-bond donors (Lipinski definition) is 1. The second-order valence-electron chi connectivity index (χ2n) is 4.09. The van der Waals surface area contributed by atoms with Gasteiger partial charge in [0.25, 0.3) is 0 Å². The molecule has 1 aromatic rings. The van der Waals surface area contributed by atoms with Crippen molar-refractivity contribution in [1.29, 1.82) is 0 Å². The largest absolute Gasteiger partial charge is 0.373 e. The van der Waals surface area contributed by atoms with Gasteiger partial charge in [-0.05, 0) is 31.0 Å². The van der Waals surface area contributed by atoms with Gasteiger partial charge < -0.3 is 5.32 Å². The molecule has 14 heavy (non-hydrogen) atoms. The zero-order valence-electron chi connectivity index (χ0n) is 9.04. The first-order valence-corrected chi connectivity index (χ1v) is 5.10. The highest BCUT2D eigenvalue weighted by Crippen LogP contribution is 2.25. The number of pyridine rings is 1. The van der Waals surface area contributed by atoms with Crippen LogP contribution in [0.4, 0.5) is 5.82 Å². The van der Waals surface area contributed by atoms with Crippen molar-refractivity contribution in [3.63, 3.8) is 0 Å². The normalized spacial score (nSPS) is 16.0. The average molecular weight is 191 g/mol. The zero-order valence-corrected chi connectivity index (χ0v) is 9.04. The van der Waals surface area contributed by atoms with E-state index in [4.69, 9.17) is 0 Å². The van der Waals surface area contributed by atoms with Crippen molar-refractivity contribution >= 4 is 5.82 Å². The molecule has 0 radical (unpaired) electrons. The fourth-order valence-electron chi connectivity index (χ4n) is 1.81. The molecular weight excluding hydrogens is 174 g/mol. The molecule has 0 amide bonds. The van der Waals surface area contributed by atoms with Crippen LogP contribution in [0.1, 0.15) is 25.0 Å². The molecule has 1 aliphatic heterocycles. The minimum absolute atomic E-state index is 0.612. The molecule has 0 unspecified atom stereocenters. The summed E-state index contributed by atoms with van der Waals surface area (Å²) in [6, 6.07) is 2.76. The predicted molar refractivity (Wildman–Crippen MR) is 58.2 cm³/mol. The quantitative estimate of drug-likeness (QED) is 0.773. The van der Waals surface area contributed by atoms with Gasteiger partial charge in [0.05, 0.1) is 0 Å². The Morgan fingerprint density at radius 2 is 2.07 bits per heavy atom. The third-order valence-corrected chi connectivity index (χ3v) is 2.82. The van der Waals surface area contributed by atoms with Crippen LogP contribution in [-0.4, -0.2) is 23.0 Å². The van der Waals surface area contributed by atoms with Crippen molar-refractivity contribution in [2.24, 2.45) is 0 Å². The first kappa shape index (κ1) is 9.46. The molecule has 3 nitrogen and oxygen atoms in total. The molecule has 2 heterocycles. The van der Waals surface area contributed by atoms with Gasteiger partial charge in [-0.25, -0.2) is 4.98 Å². The van der Waals surface area contributed by atoms with Gasteiger partial charge >= 0.3 is 0 Å². The van der Waals surface area contributed by atoms with E-state index in [9.17, 15) is 0 Å². The van der Waals surface area contributed by atoms with E-state index in [1.54, 1.807) is 0 Å². The lowest BCUT2D eigenvalue weighted by Crippen LogP contribution is -2.24. The maximum Gasteiger partial charge on any atom is 0.125 e. The lowest BCUT2D eigenvalue weighted by Gasteiger charge is -2.18. The SMILES string of the molecule is CNc1cc2c(cn1)CN(C(C)C)C2. The smallest absolute Gasteiger partial charge is 0.125 e. The molecule has 1 N–H and O–H groups in total. The van der Waals surface area contributed by atoms with Gasteiger partial charge in [-0.2, -0.15) is 0 Å². The Hall–Kier alpha value is -1.09. The van der Waals surface area contributed by atoms with Crippen LogP contribution in [0.25, 0.3) is 0 Å². The van der Waals surface area contributed by atoms with Crippen molar-refractivity contribution < 1.29 is 0 Å². The molecule has 0 spiro atoms. The van der Waals surface area contributed by atoms with Gasteiger partial charge in [-0.3, -0.25) is 4.90 Å². The highest BCUT2D eigenvalue weighted by Gasteiger charge is 2.21. The highest BCUT2D eigenvalue weighted by atomic mass is 15.2. The first-order valence-electron chi connectivity index (χ1n) is 5.10. The summed E-state index contributed by atoms with van der Waals surface area (Å²) in [5.41, 5.74) is 2.79. The molecular formula is C11H17N3. The van der Waals surface area contributed by atoms with E-state index in [0.717, 1.165) is 18.9 Å². The Morgan fingerprint density at radius 1 is 1.36 bits per heavy atom. The van der Waals surface area contributed by atoms with Crippen molar-refractivity contribution in [1.82, 2.24) is 9.88 Å². The number of nitrogens with one attached hydrogen (secondary N) is 1. The van der Waals surface area contributed by atoms with Crippen molar-refractivity contribution in [2.45, 2.75) is 33.0 Å². The topological polar surface area (TPSA) is 28.2 Å². The van der Waals surface area contributed by atoms with Crippen LogP contribution in [0.15, 0.2) is 12.3 Å². The van der Waals surface area contributed by atoms with Gasteiger partial charge in [0.1, 0.15) is 5.82 Å². The van der Waals surface area contributed by atoms with Crippen LogP contribution in [0, 0.1) is 0 Å². The zero-order chi connectivity index (χ0) is 10.1. The molecule has 3 heteroatoms. The van der Waals surface area contributed by atoms with Crippen LogP contribution in [0.2, 0.25) is 0 Å². The second-order valence-corrected chi connectivity index (χ2v) is 4.09. The molecule has 76 valence electrons. The van der Waals surface area contributed by atoms with E-state index >= 15 is 0 Å². The van der Waals surface area contributed by atoms with E-state index in [1.165, 1.54) is 11.1 Å². The fraction of sp³-hybridized carbons (Fsp3) is 0.545. The van der Waals surface area contributed by atoms with Crippen LogP contribution >= 0.6 is 0 Å². The molecule has 2 rings (SSSR count). The predicted octanol–water partition coefficient (Wildman–Crippen LogP) is 1.85. The summed E-state index contributed by atoms with van der Waals surface area (Å²) in [5.74, 6) is 0.967. The lowest BCUT2D eigenvalue weighted by atomic mass is 10.2. The molecule has 0 fully saturated rings. The Bertz CT molecular complexity index is 333. The van der Waals surface area contributed by atoms with E-state index in [0.29, 0.717) is 6.04 Å². The van der Waals surface area contributed by atoms with Gasteiger partial charge in [-0.1, -0.05) is 0 Å². The number of aromatic nitrogens is 1. The summed E-state index contributed by atoms with van der Waals surface area (Å²) in [6.45, 7) is 6.57. The maximum absolute atomic E-state index is 4.32. The molecule has 0 atom stereocenters. The average Bonchev–Trinajstić information content (AvgIpc) is 2.59. The first-order chi connectivity index (χ1) is 6.70. The Kier molecular flexibility index (Phi) is 2.42. The summed E-state index contributed by atoms with van der Waals surface area (Å²) < 4.78 is 0. The van der Waals surface area contributed by atoms with Gasteiger partial charge in [0.15, 0.2) is 0 Å². The van der Waals surface area contributed by atoms with E-state index in [-0.39, 0.29) is 0 Å². The molecule has 1 aliphatic rings. The summed E-state index contributed by atoms with van der Waals surface area (Å²) in [6.07, 6.45) is 1.99. The van der Waals surface area contributed by atoms with E-state index in [2.05, 4.69) is 35.1 Å². The summed E-state index contributed by atoms with van der Waals surface area (Å²) in [4.78, 5) is 6.78. The van der Waals surface area contributed by atoms with E-state index in [1.807, 2.05) is 13.2 Å². The van der Waals surface area contributed by atoms with Crippen molar-refractivity contribution in [3.8, 4) is 0 Å². The van der Waals surface area contributed by atoms with Crippen molar-refractivity contribution in [3.05, 3.63) is 23.4 Å². The fourth-order valence-corrected chi connectivity index (χ4v) is 1.81. The third-order valence-electron chi connectivity index (χ3n) is 2.82. The summed E-state index contributed by atoms with van der Waals surface area (Å²) in [7, 11) is 1.91. The Morgan fingerprint density at radius 3 is 2.71 bits per heavy atom.